The maximum Gasteiger partial charge on any atom is 0.482 e. The lowest BCUT2D eigenvalue weighted by molar-refractivity contribution is 0.448. The smallest absolute Gasteiger partial charge is 0.429 e. The molecule has 0 heterocycles. The number of nitrogen functional groups attached to an aromatic ring is 2. The van der Waals surface area contributed by atoms with Gasteiger partial charge in [-0.05, 0) is 12.1 Å². The van der Waals surface area contributed by atoms with Gasteiger partial charge in [-0.3, -0.25) is 0 Å². The molecule has 0 saturated carbocycles. The molecule has 0 bridgehead atoms. The van der Waals surface area contributed by atoms with Gasteiger partial charge in [0.15, 0.2) is 0 Å². The number of nitrogens with two attached hydrogens (primary N) is 2. The van der Waals surface area contributed by atoms with Crippen LogP contribution in [-0.2, 0) is 0 Å². The molecule has 6 N–H and O–H groups in total. The van der Waals surface area contributed by atoms with Crippen molar-refractivity contribution in [2.45, 2.75) is 0 Å². The standard InChI is InChI=1S/C6H8N2.BH2O2/c7-5-3-1-2-4-6(5)8;2-1-3/h1-4H,7-8H2;2-3H. The predicted molar refractivity (Wildman–Crippen MR) is 45.5 cm³/mol. The van der Waals surface area contributed by atoms with E-state index in [2.05, 4.69) is 0 Å². The molecule has 0 aromatic heterocycles. The molecule has 0 fully saturated rings. The van der Waals surface area contributed by atoms with Gasteiger partial charge in [-0.25, -0.2) is 0 Å². The molecule has 0 spiro atoms. The topological polar surface area (TPSA) is 92.5 Å². The second kappa shape index (κ2) is 5.58. The molecule has 0 atom stereocenters. The summed E-state index contributed by atoms with van der Waals surface area (Å²) in [7, 11) is 0. The molecule has 0 aliphatic heterocycles. The first-order valence-electron chi connectivity index (χ1n) is 2.92. The Hall–Kier alpha value is -1.20. The van der Waals surface area contributed by atoms with Gasteiger partial charge >= 0.3 is 7.69 Å². The fourth-order valence-electron chi connectivity index (χ4n) is 0.511. The molecule has 1 aromatic rings. The minimum Gasteiger partial charge on any atom is -0.429 e. The van der Waals surface area contributed by atoms with Crippen LogP contribution < -0.4 is 11.5 Å². The summed E-state index contributed by atoms with van der Waals surface area (Å²) in [6.07, 6.45) is 0. The van der Waals surface area contributed by atoms with Crippen molar-refractivity contribution in [2.24, 2.45) is 0 Å². The van der Waals surface area contributed by atoms with E-state index in [4.69, 9.17) is 21.5 Å². The molecule has 0 aliphatic rings. The quantitative estimate of drug-likeness (QED) is 0.294. The molecule has 11 heavy (non-hydrogen) atoms. The van der Waals surface area contributed by atoms with Crippen molar-refractivity contribution in [1.82, 2.24) is 0 Å². The Bertz CT molecular complexity index is 187. The highest BCUT2D eigenvalue weighted by Crippen LogP contribution is 2.10. The van der Waals surface area contributed by atoms with Crippen molar-refractivity contribution in [3.8, 4) is 0 Å². The van der Waals surface area contributed by atoms with Crippen LogP contribution in [0.5, 0.6) is 0 Å². The predicted octanol–water partition coefficient (Wildman–Crippen LogP) is -0.644. The summed E-state index contributed by atoms with van der Waals surface area (Å²) in [5, 5.41) is 14.0. The first kappa shape index (κ1) is 9.80. The van der Waals surface area contributed by atoms with Gasteiger partial charge in [0, 0.05) is 0 Å². The summed E-state index contributed by atoms with van der Waals surface area (Å²) in [6.45, 7) is 0. The number of hydrogen-bond acceptors (Lipinski definition) is 4. The van der Waals surface area contributed by atoms with Gasteiger partial charge < -0.3 is 21.5 Å². The number of anilines is 2. The van der Waals surface area contributed by atoms with Crippen LogP contribution in [0.25, 0.3) is 0 Å². The molecule has 0 amide bonds. The zero-order valence-electron chi connectivity index (χ0n) is 5.94. The molecule has 1 radical (unpaired) electrons. The lowest BCUT2D eigenvalue weighted by Crippen LogP contribution is -1.91. The van der Waals surface area contributed by atoms with Crippen LogP contribution in [0.2, 0.25) is 0 Å². The highest BCUT2D eigenvalue weighted by atomic mass is 16.4. The average molecular weight is 153 g/mol. The Kier molecular flexibility index (Phi) is 4.97. The molecule has 1 rings (SSSR count). The van der Waals surface area contributed by atoms with Gasteiger partial charge in [-0.1, -0.05) is 12.1 Å². The third kappa shape index (κ3) is 4.24. The van der Waals surface area contributed by atoms with Crippen molar-refractivity contribution >= 4 is 19.1 Å². The summed E-state index contributed by atoms with van der Waals surface area (Å²) in [6, 6.07) is 7.25. The maximum absolute atomic E-state index is 7.00. The highest BCUT2D eigenvalue weighted by molar-refractivity contribution is 6.13. The molecule has 4 nitrogen and oxygen atoms in total. The molecule has 1 aromatic carbocycles. The third-order valence-corrected chi connectivity index (χ3v) is 0.996. The van der Waals surface area contributed by atoms with Crippen LogP contribution >= 0.6 is 0 Å². The molecule has 59 valence electrons. The lowest BCUT2D eigenvalue weighted by Gasteiger charge is -1.94. The van der Waals surface area contributed by atoms with E-state index < -0.39 is 0 Å². The second-order valence-corrected chi connectivity index (χ2v) is 1.74. The Morgan fingerprint density at radius 3 is 1.45 bits per heavy atom. The van der Waals surface area contributed by atoms with Crippen LogP contribution in [-0.4, -0.2) is 17.7 Å². The normalized spacial score (nSPS) is 7.82. The van der Waals surface area contributed by atoms with E-state index in [0.717, 1.165) is 0 Å². The van der Waals surface area contributed by atoms with Crippen LogP contribution in [0.4, 0.5) is 11.4 Å². The number of benzene rings is 1. The summed E-state index contributed by atoms with van der Waals surface area (Å²) < 4.78 is 0. The third-order valence-electron chi connectivity index (χ3n) is 0.996. The van der Waals surface area contributed by atoms with Crippen molar-refractivity contribution in [2.75, 3.05) is 11.5 Å². The maximum atomic E-state index is 7.00. The number of para-hydroxylation sites is 2. The number of hydrogen-bond donors (Lipinski definition) is 4. The van der Waals surface area contributed by atoms with Crippen LogP contribution in [0.1, 0.15) is 0 Å². The van der Waals surface area contributed by atoms with E-state index in [1.165, 1.54) is 0 Å². The van der Waals surface area contributed by atoms with Crippen molar-refractivity contribution < 1.29 is 10.0 Å². The Morgan fingerprint density at radius 1 is 1.00 bits per heavy atom. The van der Waals surface area contributed by atoms with Crippen molar-refractivity contribution in [3.63, 3.8) is 0 Å². The van der Waals surface area contributed by atoms with Crippen LogP contribution in [0, 0.1) is 0 Å². The Morgan fingerprint density at radius 2 is 1.27 bits per heavy atom. The monoisotopic (exact) mass is 153 g/mol. The van der Waals surface area contributed by atoms with E-state index in [-0.39, 0.29) is 7.69 Å². The van der Waals surface area contributed by atoms with Crippen LogP contribution in [0.15, 0.2) is 24.3 Å². The van der Waals surface area contributed by atoms with E-state index in [1.54, 1.807) is 12.1 Å². The lowest BCUT2D eigenvalue weighted by atomic mass is 10.3. The van der Waals surface area contributed by atoms with Gasteiger partial charge in [-0.2, -0.15) is 0 Å². The molecular formula is C6H10BN2O2. The number of rotatable bonds is 0. The summed E-state index contributed by atoms with van der Waals surface area (Å²) >= 11 is 0. The zero-order valence-corrected chi connectivity index (χ0v) is 5.94. The van der Waals surface area contributed by atoms with Gasteiger partial charge in [0.05, 0.1) is 11.4 Å². The summed E-state index contributed by atoms with van der Waals surface area (Å²) in [5.41, 5.74) is 12.1. The minimum absolute atomic E-state index is 0. The van der Waals surface area contributed by atoms with Gasteiger partial charge in [0.2, 0.25) is 0 Å². The van der Waals surface area contributed by atoms with Gasteiger partial charge in [-0.15, -0.1) is 0 Å². The molecule has 0 aliphatic carbocycles. The highest BCUT2D eigenvalue weighted by Gasteiger charge is 1.85. The summed E-state index contributed by atoms with van der Waals surface area (Å²) in [5.74, 6) is 0. The van der Waals surface area contributed by atoms with E-state index in [9.17, 15) is 0 Å². The van der Waals surface area contributed by atoms with Crippen molar-refractivity contribution in [1.29, 1.82) is 0 Å². The van der Waals surface area contributed by atoms with Gasteiger partial charge in [0.25, 0.3) is 0 Å². The van der Waals surface area contributed by atoms with E-state index in [0.29, 0.717) is 11.4 Å². The summed E-state index contributed by atoms with van der Waals surface area (Å²) in [4.78, 5) is 0. The van der Waals surface area contributed by atoms with E-state index in [1.807, 2.05) is 12.1 Å². The first-order chi connectivity index (χ1) is 5.22. The average Bonchev–Trinajstić information content (AvgIpc) is 1.97. The SMILES string of the molecule is Nc1ccccc1N.O[B]O. The van der Waals surface area contributed by atoms with Crippen LogP contribution in [0.3, 0.4) is 0 Å². The first-order valence-corrected chi connectivity index (χ1v) is 2.92. The fraction of sp³-hybridized carbons (Fsp3) is 0. The second-order valence-electron chi connectivity index (χ2n) is 1.74. The van der Waals surface area contributed by atoms with E-state index >= 15 is 0 Å². The fourth-order valence-corrected chi connectivity index (χ4v) is 0.511. The Balaban J connectivity index is 0.000000292. The molecule has 5 heteroatoms. The molecular weight excluding hydrogens is 143 g/mol. The largest absolute Gasteiger partial charge is 0.482 e. The molecule has 0 unspecified atom stereocenters. The minimum atomic E-state index is 0. The molecule has 0 saturated heterocycles. The zero-order chi connectivity index (χ0) is 8.69. The van der Waals surface area contributed by atoms with Crippen molar-refractivity contribution in [3.05, 3.63) is 24.3 Å². The Labute approximate surface area is 65.8 Å². The van der Waals surface area contributed by atoms with Gasteiger partial charge in [0.1, 0.15) is 0 Å².